The van der Waals surface area contributed by atoms with Gasteiger partial charge < -0.3 is 5.73 Å². The summed E-state index contributed by atoms with van der Waals surface area (Å²) in [5.41, 5.74) is 9.14. The van der Waals surface area contributed by atoms with Crippen LogP contribution in [0.2, 0.25) is 0 Å². The Hall–Kier alpha value is -1.56. The predicted octanol–water partition coefficient (Wildman–Crippen LogP) is -0.493. The van der Waals surface area contributed by atoms with Gasteiger partial charge in [0, 0.05) is 19.8 Å². The topological polar surface area (TPSA) is 87.0 Å². The summed E-state index contributed by atoms with van der Waals surface area (Å²) in [7, 11) is 3.45. The summed E-state index contributed by atoms with van der Waals surface area (Å²) in [6.45, 7) is 1.74. The molecule has 6 heteroatoms. The first-order chi connectivity index (χ1) is 6.02. The van der Waals surface area contributed by atoms with Crippen molar-refractivity contribution in [1.82, 2.24) is 20.6 Å². The Morgan fingerprint density at radius 1 is 1.62 bits per heavy atom. The molecule has 0 saturated heterocycles. The monoisotopic (exact) mass is 183 g/mol. The van der Waals surface area contributed by atoms with E-state index in [0.29, 0.717) is 11.3 Å². The van der Waals surface area contributed by atoms with Gasteiger partial charge in [0.25, 0.3) is 5.91 Å². The molecule has 0 fully saturated rings. The van der Waals surface area contributed by atoms with E-state index in [-0.39, 0.29) is 11.7 Å². The Morgan fingerprint density at radius 2 is 2.23 bits per heavy atom. The summed E-state index contributed by atoms with van der Waals surface area (Å²) in [6.07, 6.45) is 0. The average molecular weight is 183 g/mol. The molecule has 0 aliphatic rings. The van der Waals surface area contributed by atoms with Gasteiger partial charge in [0.1, 0.15) is 5.56 Å². The zero-order chi connectivity index (χ0) is 10.0. The van der Waals surface area contributed by atoms with Crippen LogP contribution >= 0.6 is 0 Å². The predicted molar refractivity (Wildman–Crippen MR) is 48.9 cm³/mol. The van der Waals surface area contributed by atoms with Crippen LogP contribution in [0.15, 0.2) is 0 Å². The SMILES string of the molecule is Cc1[nH]nc(N)c1C(=O)NN(C)C. The first-order valence-corrected chi connectivity index (χ1v) is 3.81. The van der Waals surface area contributed by atoms with E-state index in [1.54, 1.807) is 26.0 Å². The van der Waals surface area contributed by atoms with Crippen molar-refractivity contribution in [3.63, 3.8) is 0 Å². The number of amides is 1. The highest BCUT2D eigenvalue weighted by atomic mass is 16.2. The first kappa shape index (κ1) is 9.53. The molecule has 72 valence electrons. The molecule has 6 nitrogen and oxygen atoms in total. The number of aromatic nitrogens is 2. The third-order valence-corrected chi connectivity index (χ3v) is 1.53. The zero-order valence-electron chi connectivity index (χ0n) is 7.88. The summed E-state index contributed by atoms with van der Waals surface area (Å²) in [4.78, 5) is 11.5. The lowest BCUT2D eigenvalue weighted by Crippen LogP contribution is -2.36. The number of carbonyl (C=O) groups excluding carboxylic acids is 1. The van der Waals surface area contributed by atoms with Crippen molar-refractivity contribution in [3.05, 3.63) is 11.3 Å². The average Bonchev–Trinajstić information content (AvgIpc) is 2.29. The number of aryl methyl sites for hydroxylation is 1. The van der Waals surface area contributed by atoms with E-state index in [2.05, 4.69) is 15.6 Å². The number of H-pyrrole nitrogens is 1. The zero-order valence-corrected chi connectivity index (χ0v) is 7.88. The highest BCUT2D eigenvalue weighted by Crippen LogP contribution is 2.11. The van der Waals surface area contributed by atoms with Crippen molar-refractivity contribution < 1.29 is 4.79 Å². The molecule has 0 atom stereocenters. The summed E-state index contributed by atoms with van der Waals surface area (Å²) < 4.78 is 0. The molecule has 0 unspecified atom stereocenters. The van der Waals surface area contributed by atoms with Gasteiger partial charge in [-0.15, -0.1) is 0 Å². The number of carbonyl (C=O) groups is 1. The van der Waals surface area contributed by atoms with Gasteiger partial charge in [-0.3, -0.25) is 15.3 Å². The van der Waals surface area contributed by atoms with Crippen LogP contribution in [0.25, 0.3) is 0 Å². The Balaban J connectivity index is 2.88. The first-order valence-electron chi connectivity index (χ1n) is 3.81. The third-order valence-electron chi connectivity index (χ3n) is 1.53. The van der Waals surface area contributed by atoms with E-state index in [1.165, 1.54) is 0 Å². The lowest BCUT2D eigenvalue weighted by molar-refractivity contribution is 0.0857. The van der Waals surface area contributed by atoms with Gasteiger partial charge in [-0.05, 0) is 6.92 Å². The van der Waals surface area contributed by atoms with Crippen LogP contribution in [-0.2, 0) is 0 Å². The molecular weight excluding hydrogens is 170 g/mol. The number of nitrogens with two attached hydrogens (primary N) is 1. The molecule has 0 aliphatic carbocycles. The molecule has 1 amide bonds. The van der Waals surface area contributed by atoms with Gasteiger partial charge >= 0.3 is 0 Å². The van der Waals surface area contributed by atoms with Crippen molar-refractivity contribution in [1.29, 1.82) is 0 Å². The van der Waals surface area contributed by atoms with Crippen LogP contribution in [0.3, 0.4) is 0 Å². The fourth-order valence-electron chi connectivity index (χ4n) is 0.994. The molecule has 1 heterocycles. The normalized spacial score (nSPS) is 10.5. The largest absolute Gasteiger partial charge is 0.382 e. The number of nitrogens with one attached hydrogen (secondary N) is 2. The van der Waals surface area contributed by atoms with Crippen molar-refractivity contribution in [2.75, 3.05) is 19.8 Å². The number of hydrogen-bond acceptors (Lipinski definition) is 4. The van der Waals surface area contributed by atoms with Gasteiger partial charge in [0.2, 0.25) is 0 Å². The molecule has 0 spiro atoms. The van der Waals surface area contributed by atoms with E-state index in [4.69, 9.17) is 5.73 Å². The van der Waals surface area contributed by atoms with E-state index >= 15 is 0 Å². The minimum absolute atomic E-state index is 0.219. The highest BCUT2D eigenvalue weighted by Gasteiger charge is 2.15. The van der Waals surface area contributed by atoms with E-state index in [0.717, 1.165) is 0 Å². The molecule has 0 aliphatic heterocycles. The number of hydrogen-bond donors (Lipinski definition) is 3. The second-order valence-corrected chi connectivity index (χ2v) is 2.94. The minimum atomic E-state index is -0.256. The fourth-order valence-corrected chi connectivity index (χ4v) is 0.994. The van der Waals surface area contributed by atoms with Crippen LogP contribution in [0.4, 0.5) is 5.82 Å². The van der Waals surface area contributed by atoms with E-state index in [1.807, 2.05) is 0 Å². The number of nitrogen functional groups attached to an aromatic ring is 1. The number of hydrazine groups is 1. The Bertz CT molecular complexity index is 297. The maximum atomic E-state index is 11.5. The van der Waals surface area contributed by atoms with Crippen molar-refractivity contribution in [2.45, 2.75) is 6.92 Å². The number of nitrogens with zero attached hydrogens (tertiary/aromatic N) is 2. The summed E-state index contributed by atoms with van der Waals surface area (Å²) in [6, 6.07) is 0. The molecular formula is C7H13N5O. The summed E-state index contributed by atoms with van der Waals surface area (Å²) in [5.74, 6) is -0.0365. The molecule has 13 heavy (non-hydrogen) atoms. The lowest BCUT2D eigenvalue weighted by Gasteiger charge is -2.11. The van der Waals surface area contributed by atoms with E-state index in [9.17, 15) is 4.79 Å². The maximum Gasteiger partial charge on any atom is 0.271 e. The van der Waals surface area contributed by atoms with Gasteiger partial charge in [-0.25, -0.2) is 5.01 Å². The molecule has 1 aromatic rings. The van der Waals surface area contributed by atoms with Crippen LogP contribution in [0.5, 0.6) is 0 Å². The highest BCUT2D eigenvalue weighted by molar-refractivity contribution is 5.99. The number of rotatable bonds is 2. The summed E-state index contributed by atoms with van der Waals surface area (Å²) >= 11 is 0. The smallest absolute Gasteiger partial charge is 0.271 e. The molecule has 1 rings (SSSR count). The number of aromatic amines is 1. The van der Waals surface area contributed by atoms with E-state index < -0.39 is 0 Å². The molecule has 1 aromatic heterocycles. The maximum absolute atomic E-state index is 11.5. The number of anilines is 1. The van der Waals surface area contributed by atoms with Crippen molar-refractivity contribution >= 4 is 11.7 Å². The lowest BCUT2D eigenvalue weighted by atomic mass is 10.2. The Kier molecular flexibility index (Phi) is 2.52. The fraction of sp³-hybridized carbons (Fsp3) is 0.429. The quantitative estimate of drug-likeness (QED) is 0.540. The third kappa shape index (κ3) is 1.97. The second kappa shape index (κ2) is 3.44. The van der Waals surface area contributed by atoms with Gasteiger partial charge in [0.05, 0.1) is 0 Å². The molecule has 4 N–H and O–H groups in total. The second-order valence-electron chi connectivity index (χ2n) is 2.94. The van der Waals surface area contributed by atoms with Gasteiger partial charge in [-0.2, -0.15) is 5.10 Å². The van der Waals surface area contributed by atoms with Crippen LogP contribution in [0, 0.1) is 6.92 Å². The molecule has 0 radical (unpaired) electrons. The van der Waals surface area contributed by atoms with Gasteiger partial charge in [-0.1, -0.05) is 0 Å². The molecule has 0 aromatic carbocycles. The van der Waals surface area contributed by atoms with Crippen molar-refractivity contribution in [3.8, 4) is 0 Å². The minimum Gasteiger partial charge on any atom is -0.382 e. The molecule has 0 saturated carbocycles. The Labute approximate surface area is 76.1 Å². The standard InChI is InChI=1S/C7H13N5O/c1-4-5(6(8)10-9-4)7(13)11-12(2)3/h1-3H3,(H,11,13)(H3,8,9,10). The van der Waals surface area contributed by atoms with Gasteiger partial charge in [0.15, 0.2) is 5.82 Å². The van der Waals surface area contributed by atoms with Crippen molar-refractivity contribution in [2.24, 2.45) is 0 Å². The van der Waals surface area contributed by atoms with Crippen LogP contribution < -0.4 is 11.2 Å². The Morgan fingerprint density at radius 3 is 2.62 bits per heavy atom. The van der Waals surface area contributed by atoms with Crippen LogP contribution in [0.1, 0.15) is 16.1 Å². The van der Waals surface area contributed by atoms with Crippen LogP contribution in [-0.4, -0.2) is 35.2 Å². The summed E-state index contributed by atoms with van der Waals surface area (Å²) in [5, 5.41) is 7.90. The molecule has 0 bridgehead atoms.